The van der Waals surface area contributed by atoms with Gasteiger partial charge in [0, 0.05) is 12.1 Å². The van der Waals surface area contributed by atoms with Crippen molar-refractivity contribution in [2.75, 3.05) is 4.90 Å². The fraction of sp³-hybridized carbons (Fsp3) is 0.533. The molecule has 0 radical (unpaired) electrons. The van der Waals surface area contributed by atoms with Crippen LogP contribution in [0.2, 0.25) is 0 Å². The van der Waals surface area contributed by atoms with Crippen LogP contribution in [-0.2, 0) is 4.79 Å². The summed E-state index contributed by atoms with van der Waals surface area (Å²) in [5, 5.41) is 22.3. The first-order valence-corrected chi connectivity index (χ1v) is 7.90. The van der Waals surface area contributed by atoms with Gasteiger partial charge in [-0.1, -0.05) is 12.8 Å². The molecular weight excluding hydrogens is 316 g/mol. The number of hydrogen-bond acceptors (Lipinski definition) is 6. The van der Waals surface area contributed by atoms with Crippen LogP contribution in [0.15, 0.2) is 18.2 Å². The molecule has 9 heteroatoms. The first-order chi connectivity index (χ1) is 11.4. The number of benzene rings is 1. The van der Waals surface area contributed by atoms with E-state index in [9.17, 15) is 25.0 Å². The molecule has 3 rings (SSSR count). The lowest BCUT2D eigenvalue weighted by Crippen LogP contribution is -2.45. The molecule has 0 aromatic heterocycles. The second-order valence-electron chi connectivity index (χ2n) is 6.36. The molecule has 1 aromatic carbocycles. The van der Waals surface area contributed by atoms with E-state index in [1.54, 1.807) is 4.90 Å². The van der Waals surface area contributed by atoms with Gasteiger partial charge >= 0.3 is 0 Å². The number of non-ortho nitro benzene ring substituents is 1. The Bertz CT molecular complexity index is 707. The van der Waals surface area contributed by atoms with Crippen molar-refractivity contribution in [1.29, 1.82) is 0 Å². The van der Waals surface area contributed by atoms with E-state index in [0.717, 1.165) is 31.7 Å². The van der Waals surface area contributed by atoms with Crippen molar-refractivity contribution >= 4 is 23.0 Å². The Balaban J connectivity index is 2.09. The number of hydrogen-bond donors (Lipinski definition) is 1. The van der Waals surface area contributed by atoms with Gasteiger partial charge in [-0.25, -0.2) is 0 Å². The predicted molar refractivity (Wildman–Crippen MR) is 85.6 cm³/mol. The molecule has 1 aliphatic heterocycles. The molecule has 128 valence electrons. The minimum atomic E-state index is -0.671. The van der Waals surface area contributed by atoms with Crippen molar-refractivity contribution in [3.8, 4) is 0 Å². The van der Waals surface area contributed by atoms with E-state index in [2.05, 4.69) is 0 Å². The summed E-state index contributed by atoms with van der Waals surface area (Å²) in [7, 11) is 0. The second-order valence-corrected chi connectivity index (χ2v) is 6.36. The highest BCUT2D eigenvalue weighted by atomic mass is 16.6. The molecule has 24 heavy (non-hydrogen) atoms. The van der Waals surface area contributed by atoms with Crippen molar-refractivity contribution < 1.29 is 14.6 Å². The van der Waals surface area contributed by atoms with Crippen molar-refractivity contribution in [2.45, 2.75) is 44.2 Å². The van der Waals surface area contributed by atoms with Crippen LogP contribution in [0.5, 0.6) is 0 Å². The first-order valence-electron chi connectivity index (χ1n) is 7.90. The van der Waals surface area contributed by atoms with Crippen LogP contribution in [0.3, 0.4) is 0 Å². The molecule has 2 N–H and O–H groups in total. The van der Waals surface area contributed by atoms with Gasteiger partial charge in [0.25, 0.3) is 11.4 Å². The highest BCUT2D eigenvalue weighted by Gasteiger charge is 2.46. The zero-order chi connectivity index (χ0) is 17.4. The minimum absolute atomic E-state index is 0.0106. The molecule has 1 saturated heterocycles. The van der Waals surface area contributed by atoms with Crippen LogP contribution in [0.4, 0.5) is 17.1 Å². The van der Waals surface area contributed by atoms with Crippen LogP contribution in [-0.4, -0.2) is 27.8 Å². The summed E-state index contributed by atoms with van der Waals surface area (Å²) in [6, 6.07) is 2.94. The summed E-state index contributed by atoms with van der Waals surface area (Å²) in [5.41, 5.74) is 5.06. The van der Waals surface area contributed by atoms with Gasteiger partial charge in [0.15, 0.2) is 0 Å². The molecule has 1 heterocycles. The number of rotatable bonds is 4. The van der Waals surface area contributed by atoms with Crippen molar-refractivity contribution in [2.24, 2.45) is 11.7 Å². The molecule has 1 saturated carbocycles. The molecule has 0 bridgehead atoms. The number of nitrogens with two attached hydrogens (primary N) is 1. The molecule has 2 aliphatic rings. The molecule has 0 spiro atoms. The fourth-order valence-corrected chi connectivity index (χ4v) is 4.05. The van der Waals surface area contributed by atoms with Crippen molar-refractivity contribution in [1.82, 2.24) is 0 Å². The largest absolute Gasteiger partial charge is 0.368 e. The van der Waals surface area contributed by atoms with Gasteiger partial charge in [0.1, 0.15) is 11.7 Å². The molecule has 1 aromatic rings. The van der Waals surface area contributed by atoms with Gasteiger partial charge in [0.2, 0.25) is 5.91 Å². The Morgan fingerprint density at radius 2 is 1.88 bits per heavy atom. The van der Waals surface area contributed by atoms with Crippen molar-refractivity contribution in [3.05, 3.63) is 38.4 Å². The molecular formula is C15H18N4O5. The number of carbonyl (C=O) groups is 1. The van der Waals surface area contributed by atoms with Gasteiger partial charge < -0.3 is 10.6 Å². The lowest BCUT2D eigenvalue weighted by Gasteiger charge is -2.34. The van der Waals surface area contributed by atoms with Crippen LogP contribution in [0.25, 0.3) is 0 Å². The van der Waals surface area contributed by atoms with E-state index in [0.29, 0.717) is 6.42 Å². The molecule has 9 nitrogen and oxygen atoms in total. The molecule has 3 atom stereocenters. The number of nitro benzene ring substituents is 2. The molecule has 1 amide bonds. The second kappa shape index (κ2) is 6.06. The van der Waals surface area contributed by atoms with Gasteiger partial charge in [-0.15, -0.1) is 0 Å². The van der Waals surface area contributed by atoms with E-state index in [4.69, 9.17) is 5.73 Å². The average Bonchev–Trinajstić information content (AvgIpc) is 2.93. The summed E-state index contributed by atoms with van der Waals surface area (Å²) < 4.78 is 0. The third-order valence-corrected chi connectivity index (χ3v) is 5.06. The first kappa shape index (κ1) is 16.2. The van der Waals surface area contributed by atoms with Gasteiger partial charge in [-0.3, -0.25) is 25.0 Å². The van der Waals surface area contributed by atoms with E-state index in [-0.39, 0.29) is 29.0 Å². The maximum atomic E-state index is 11.9. The quantitative estimate of drug-likeness (QED) is 0.662. The predicted octanol–water partition coefficient (Wildman–Crippen LogP) is 2.13. The number of primary amides is 1. The lowest BCUT2D eigenvalue weighted by molar-refractivity contribution is -0.393. The zero-order valence-electron chi connectivity index (χ0n) is 13.0. The van der Waals surface area contributed by atoms with Gasteiger partial charge in [0.05, 0.1) is 15.9 Å². The van der Waals surface area contributed by atoms with Crippen LogP contribution < -0.4 is 10.6 Å². The van der Waals surface area contributed by atoms with Gasteiger partial charge in [-0.05, 0) is 31.2 Å². The minimum Gasteiger partial charge on any atom is -0.368 e. The zero-order valence-corrected chi connectivity index (χ0v) is 13.0. The molecule has 1 aliphatic carbocycles. The Labute approximate surface area is 137 Å². The van der Waals surface area contributed by atoms with Gasteiger partial charge in [-0.2, -0.15) is 0 Å². The number of amides is 1. The fourth-order valence-electron chi connectivity index (χ4n) is 4.05. The number of fused-ring (bicyclic) bond motifs is 1. The number of anilines is 1. The normalized spacial score (nSPS) is 26.0. The summed E-state index contributed by atoms with van der Waals surface area (Å²) in [4.78, 5) is 34.6. The van der Waals surface area contributed by atoms with E-state index in [1.165, 1.54) is 12.1 Å². The highest BCUT2D eigenvalue weighted by Crippen LogP contribution is 2.45. The summed E-state index contributed by atoms with van der Waals surface area (Å²) in [5.74, 6) is -0.247. The maximum Gasteiger partial charge on any atom is 0.299 e. The maximum absolute atomic E-state index is 11.9. The number of nitro groups is 2. The summed E-state index contributed by atoms with van der Waals surface area (Å²) in [6.07, 6.45) is 4.44. The van der Waals surface area contributed by atoms with Crippen LogP contribution >= 0.6 is 0 Å². The third-order valence-electron chi connectivity index (χ3n) is 5.06. The standard InChI is InChI=1S/C15H18N4O5/c16-15(20)14-7-9-3-1-2-4-11(9)17(14)12-6-5-10(18(21)22)8-13(12)19(23)24/h5-6,8-9,11,14H,1-4,7H2,(H2,16,20)/t9-,11+,14+/m1/s1. The van der Waals surface area contributed by atoms with Crippen molar-refractivity contribution in [3.63, 3.8) is 0 Å². The average molecular weight is 334 g/mol. The van der Waals surface area contributed by atoms with Crippen LogP contribution in [0, 0.1) is 26.1 Å². The highest BCUT2D eigenvalue weighted by molar-refractivity contribution is 5.86. The third kappa shape index (κ3) is 2.66. The lowest BCUT2D eigenvalue weighted by atomic mass is 9.84. The Hall–Kier alpha value is -2.71. The molecule has 0 unspecified atom stereocenters. The Morgan fingerprint density at radius 1 is 1.17 bits per heavy atom. The number of carbonyl (C=O) groups excluding carboxylic acids is 1. The van der Waals surface area contributed by atoms with Crippen LogP contribution in [0.1, 0.15) is 32.1 Å². The van der Waals surface area contributed by atoms with E-state index >= 15 is 0 Å². The van der Waals surface area contributed by atoms with E-state index in [1.807, 2.05) is 0 Å². The monoisotopic (exact) mass is 334 g/mol. The number of nitrogens with zero attached hydrogens (tertiary/aromatic N) is 3. The Morgan fingerprint density at radius 3 is 2.50 bits per heavy atom. The SMILES string of the molecule is NC(=O)[C@@H]1C[C@H]2CCCC[C@@H]2N1c1ccc([N+](=O)[O-])cc1[N+](=O)[O-]. The smallest absolute Gasteiger partial charge is 0.299 e. The van der Waals surface area contributed by atoms with E-state index < -0.39 is 21.8 Å². The topological polar surface area (TPSA) is 133 Å². The summed E-state index contributed by atoms with van der Waals surface area (Å²) >= 11 is 0. The Kier molecular flexibility index (Phi) is 4.08. The molecule has 2 fully saturated rings. The summed E-state index contributed by atoms with van der Waals surface area (Å²) in [6.45, 7) is 0.